The monoisotopic (exact) mass is 486 g/mol. The summed E-state index contributed by atoms with van der Waals surface area (Å²) in [5.41, 5.74) is -0.374. The molecule has 4 unspecified atom stereocenters. The summed E-state index contributed by atoms with van der Waals surface area (Å²) in [5.74, 6) is 0.188. The van der Waals surface area contributed by atoms with Crippen molar-refractivity contribution in [2.45, 2.75) is 123 Å². The average Bonchev–Trinajstić information content (AvgIpc) is 2.63. The molecule has 0 bridgehead atoms. The van der Waals surface area contributed by atoms with Crippen molar-refractivity contribution in [3.8, 4) is 0 Å². The molecule has 202 valence electrons. The van der Waals surface area contributed by atoms with E-state index in [-0.39, 0.29) is 45.3 Å². The minimum absolute atomic E-state index is 0.0471. The van der Waals surface area contributed by atoms with E-state index >= 15 is 0 Å². The standard InChI is InChI=1S/C28H54O6/c1-17(25(5,6)7)21(18(2)26(8,9)10)31-23(29)33-34-24(30)32-22(19(3)27(11,12)13)20(4)28(14,15)16/h17-22H,1-16H3. The molecule has 0 fully saturated rings. The lowest BCUT2D eigenvalue weighted by Gasteiger charge is -2.41. The number of ether oxygens (including phenoxy) is 2. The van der Waals surface area contributed by atoms with Crippen molar-refractivity contribution >= 4 is 12.3 Å². The fourth-order valence-corrected chi connectivity index (χ4v) is 3.58. The quantitative estimate of drug-likeness (QED) is 0.212. The smallest absolute Gasteiger partial charge is 0.428 e. The third-order valence-corrected chi connectivity index (χ3v) is 8.08. The zero-order chi connectivity index (χ0) is 27.4. The van der Waals surface area contributed by atoms with Crippen molar-refractivity contribution < 1.29 is 28.8 Å². The first-order valence-electron chi connectivity index (χ1n) is 12.7. The summed E-state index contributed by atoms with van der Waals surface area (Å²) in [6.45, 7) is 33.5. The Morgan fingerprint density at radius 2 is 0.618 bits per heavy atom. The molecule has 0 radical (unpaired) electrons. The van der Waals surface area contributed by atoms with E-state index in [4.69, 9.17) is 19.2 Å². The van der Waals surface area contributed by atoms with Gasteiger partial charge < -0.3 is 9.47 Å². The number of carbonyl (C=O) groups is 2. The van der Waals surface area contributed by atoms with Gasteiger partial charge in [0.05, 0.1) is 0 Å². The van der Waals surface area contributed by atoms with Crippen molar-refractivity contribution in [2.75, 3.05) is 0 Å². The fourth-order valence-electron chi connectivity index (χ4n) is 3.58. The molecule has 0 aromatic rings. The van der Waals surface area contributed by atoms with Crippen LogP contribution in [0.5, 0.6) is 0 Å². The molecule has 0 aromatic carbocycles. The van der Waals surface area contributed by atoms with Crippen molar-refractivity contribution in [3.05, 3.63) is 0 Å². The Morgan fingerprint density at radius 3 is 0.765 bits per heavy atom. The van der Waals surface area contributed by atoms with E-state index in [1.807, 2.05) is 0 Å². The molecule has 6 heteroatoms. The largest absolute Gasteiger partial charge is 0.550 e. The van der Waals surface area contributed by atoms with Crippen LogP contribution in [0, 0.1) is 45.3 Å². The number of carbonyl (C=O) groups excluding carboxylic acids is 2. The maximum atomic E-state index is 12.5. The van der Waals surface area contributed by atoms with E-state index in [0.717, 1.165) is 0 Å². The highest BCUT2D eigenvalue weighted by Crippen LogP contribution is 2.41. The summed E-state index contributed by atoms with van der Waals surface area (Å²) in [7, 11) is 0. The van der Waals surface area contributed by atoms with Crippen LogP contribution in [-0.2, 0) is 19.2 Å². The van der Waals surface area contributed by atoms with E-state index in [2.05, 4.69) is 111 Å². The lowest BCUT2D eigenvalue weighted by atomic mass is 9.69. The minimum Gasteiger partial charge on any atom is -0.428 e. The van der Waals surface area contributed by atoms with Crippen LogP contribution >= 0.6 is 0 Å². The molecule has 0 aromatic heterocycles. The second-order valence-corrected chi connectivity index (χ2v) is 14.5. The normalized spacial score (nSPS) is 18.7. The molecule has 0 amide bonds. The topological polar surface area (TPSA) is 71.1 Å². The Bertz CT molecular complexity index is 558. The van der Waals surface area contributed by atoms with Crippen molar-refractivity contribution in [2.24, 2.45) is 45.3 Å². The third kappa shape index (κ3) is 10.0. The summed E-state index contributed by atoms with van der Waals surface area (Å²) in [5, 5.41) is 0. The van der Waals surface area contributed by atoms with Crippen LogP contribution in [-0.4, -0.2) is 24.5 Å². The summed E-state index contributed by atoms with van der Waals surface area (Å²) in [6, 6.07) is 0. The van der Waals surface area contributed by atoms with Gasteiger partial charge in [0.25, 0.3) is 0 Å². The molecule has 0 saturated carbocycles. The molecule has 34 heavy (non-hydrogen) atoms. The Balaban J connectivity index is 5.39. The first-order chi connectivity index (χ1) is 14.9. The van der Waals surface area contributed by atoms with Gasteiger partial charge in [0.15, 0.2) is 0 Å². The lowest BCUT2D eigenvalue weighted by molar-refractivity contribution is -0.235. The number of rotatable bonds is 6. The molecular weight excluding hydrogens is 432 g/mol. The predicted molar refractivity (Wildman–Crippen MR) is 137 cm³/mol. The van der Waals surface area contributed by atoms with Gasteiger partial charge in [-0.15, -0.1) is 0 Å². The van der Waals surface area contributed by atoms with E-state index in [9.17, 15) is 9.59 Å². The maximum absolute atomic E-state index is 12.5. The van der Waals surface area contributed by atoms with Crippen LogP contribution in [0.2, 0.25) is 0 Å². The van der Waals surface area contributed by atoms with E-state index in [1.165, 1.54) is 0 Å². The van der Waals surface area contributed by atoms with Gasteiger partial charge in [-0.2, -0.15) is 19.4 Å². The molecule has 0 heterocycles. The highest BCUT2D eigenvalue weighted by molar-refractivity contribution is 5.64. The Kier molecular flexibility index (Phi) is 11.0. The van der Waals surface area contributed by atoms with Crippen molar-refractivity contribution in [1.29, 1.82) is 0 Å². The van der Waals surface area contributed by atoms with Crippen LogP contribution in [0.3, 0.4) is 0 Å². The zero-order valence-corrected chi connectivity index (χ0v) is 24.9. The van der Waals surface area contributed by atoms with Gasteiger partial charge in [-0.3, -0.25) is 0 Å². The highest BCUT2D eigenvalue weighted by atomic mass is 17.3. The summed E-state index contributed by atoms with van der Waals surface area (Å²) >= 11 is 0. The van der Waals surface area contributed by atoms with Gasteiger partial charge >= 0.3 is 12.3 Å². The van der Waals surface area contributed by atoms with Crippen LogP contribution < -0.4 is 0 Å². The lowest BCUT2D eigenvalue weighted by Crippen LogP contribution is -2.43. The zero-order valence-electron chi connectivity index (χ0n) is 24.9. The molecule has 0 rings (SSSR count). The molecule has 0 aliphatic heterocycles. The molecule has 0 N–H and O–H groups in total. The number of hydrogen-bond donors (Lipinski definition) is 0. The Labute approximate surface area is 209 Å². The van der Waals surface area contributed by atoms with Crippen LogP contribution in [0.4, 0.5) is 9.59 Å². The van der Waals surface area contributed by atoms with Gasteiger partial charge in [0.2, 0.25) is 0 Å². The van der Waals surface area contributed by atoms with Crippen molar-refractivity contribution in [1.82, 2.24) is 0 Å². The predicted octanol–water partition coefficient (Wildman–Crippen LogP) is 8.67. The van der Waals surface area contributed by atoms with Gasteiger partial charge in [-0.25, -0.2) is 0 Å². The molecule has 6 nitrogen and oxygen atoms in total. The van der Waals surface area contributed by atoms with E-state index in [1.54, 1.807) is 0 Å². The summed E-state index contributed by atoms with van der Waals surface area (Å²) in [6.07, 6.45) is -2.92. The van der Waals surface area contributed by atoms with Gasteiger partial charge in [0, 0.05) is 0 Å². The molecule has 0 aliphatic carbocycles. The van der Waals surface area contributed by atoms with Gasteiger partial charge in [-0.1, -0.05) is 111 Å². The molecule has 0 aliphatic rings. The summed E-state index contributed by atoms with van der Waals surface area (Å²) < 4.78 is 11.4. The summed E-state index contributed by atoms with van der Waals surface area (Å²) in [4.78, 5) is 34.5. The highest BCUT2D eigenvalue weighted by Gasteiger charge is 2.42. The van der Waals surface area contributed by atoms with Gasteiger partial charge in [0.1, 0.15) is 12.2 Å². The van der Waals surface area contributed by atoms with Crippen LogP contribution in [0.25, 0.3) is 0 Å². The maximum Gasteiger partial charge on any atom is 0.550 e. The third-order valence-electron chi connectivity index (χ3n) is 8.08. The van der Waals surface area contributed by atoms with Crippen LogP contribution in [0.15, 0.2) is 0 Å². The molecular formula is C28H54O6. The first kappa shape index (κ1) is 32.5. The van der Waals surface area contributed by atoms with E-state index < -0.39 is 24.5 Å². The number of hydrogen-bond acceptors (Lipinski definition) is 6. The average molecular weight is 487 g/mol. The molecule has 4 atom stereocenters. The fraction of sp³-hybridized carbons (Fsp3) is 0.929. The van der Waals surface area contributed by atoms with Crippen LogP contribution in [0.1, 0.15) is 111 Å². The Hall–Kier alpha value is -1.46. The van der Waals surface area contributed by atoms with E-state index in [0.29, 0.717) is 0 Å². The Morgan fingerprint density at radius 1 is 0.441 bits per heavy atom. The molecule has 0 spiro atoms. The molecule has 0 saturated heterocycles. The first-order valence-corrected chi connectivity index (χ1v) is 12.7. The minimum atomic E-state index is -1.04. The van der Waals surface area contributed by atoms with Crippen molar-refractivity contribution in [3.63, 3.8) is 0 Å². The van der Waals surface area contributed by atoms with Gasteiger partial charge in [-0.05, 0) is 45.3 Å². The second-order valence-electron chi connectivity index (χ2n) is 14.5. The second kappa shape index (κ2) is 11.5. The SMILES string of the molecule is CC(C(OC(=O)OOC(=O)OC(C(C)C(C)(C)C)C(C)C(C)(C)C)C(C)C(C)(C)C)C(C)(C)C.